The lowest BCUT2D eigenvalue weighted by atomic mass is 10.1. The van der Waals surface area contributed by atoms with Gasteiger partial charge in [0.25, 0.3) is 5.91 Å². The molecule has 0 aliphatic rings. The van der Waals surface area contributed by atoms with Crippen LogP contribution in [0.1, 0.15) is 13.8 Å². The fourth-order valence-corrected chi connectivity index (χ4v) is 2.11. The van der Waals surface area contributed by atoms with Crippen LogP contribution in [0, 0.1) is 0 Å². The molecule has 2 aromatic rings. The van der Waals surface area contributed by atoms with Gasteiger partial charge < -0.3 is 10.2 Å². The maximum Gasteiger partial charge on any atom is 0.276 e. The first-order chi connectivity index (χ1) is 10.0. The van der Waals surface area contributed by atoms with Crippen molar-refractivity contribution >= 4 is 32.6 Å². The van der Waals surface area contributed by atoms with Crippen LogP contribution in [0.2, 0.25) is 0 Å². The highest BCUT2D eigenvalue weighted by molar-refractivity contribution is 9.10. The van der Waals surface area contributed by atoms with Gasteiger partial charge in [-0.05, 0) is 48.9 Å². The van der Waals surface area contributed by atoms with Crippen LogP contribution in [0.15, 0.2) is 52.6 Å². The van der Waals surface area contributed by atoms with Gasteiger partial charge in [0.2, 0.25) is 0 Å². The summed E-state index contributed by atoms with van der Waals surface area (Å²) >= 11 is 3.44. The summed E-state index contributed by atoms with van der Waals surface area (Å²) in [6.07, 6.45) is 1.71. The van der Waals surface area contributed by atoms with Gasteiger partial charge in [-0.1, -0.05) is 33.6 Å². The normalized spacial score (nSPS) is 10.0. The third-order valence-electron chi connectivity index (χ3n) is 2.72. The smallest absolute Gasteiger partial charge is 0.276 e. The van der Waals surface area contributed by atoms with E-state index in [2.05, 4.69) is 26.8 Å². The second-order valence-electron chi connectivity index (χ2n) is 4.86. The maximum absolute atomic E-state index is 11.6. The number of rotatable bonds is 5. The zero-order chi connectivity index (χ0) is 15.2. The molecule has 4 nitrogen and oxygen atoms in total. The molecule has 2 N–H and O–H groups in total. The first kappa shape index (κ1) is 15.4. The largest absolute Gasteiger partial charge is 0.484 e. The fourth-order valence-electron chi connectivity index (χ4n) is 1.73. The molecule has 0 saturated carbocycles. The van der Waals surface area contributed by atoms with Gasteiger partial charge in [-0.3, -0.25) is 10.2 Å². The average molecular weight is 349 g/mol. The van der Waals surface area contributed by atoms with E-state index in [4.69, 9.17) is 4.74 Å². The summed E-state index contributed by atoms with van der Waals surface area (Å²) in [5, 5.41) is 2.19. The molecule has 0 fully saturated rings. The highest BCUT2D eigenvalue weighted by Crippen LogP contribution is 2.23. The first-order valence-electron chi connectivity index (χ1n) is 6.54. The highest BCUT2D eigenvalue weighted by atomic mass is 79.9. The Labute approximate surface area is 132 Å². The molecule has 0 heterocycles. The number of hydrazine groups is 1. The quantitative estimate of drug-likeness (QED) is 0.812. The van der Waals surface area contributed by atoms with E-state index in [1.165, 1.54) is 0 Å². The zero-order valence-electron chi connectivity index (χ0n) is 11.9. The van der Waals surface area contributed by atoms with E-state index in [0.717, 1.165) is 20.8 Å². The molecular formula is C16H17BrN2O2. The molecule has 110 valence electrons. The minimum absolute atomic E-state index is 0.0361. The average Bonchev–Trinajstić information content (AvgIpc) is 2.44. The number of fused-ring (bicyclic) bond motifs is 1. The molecule has 0 aliphatic carbocycles. The highest BCUT2D eigenvalue weighted by Gasteiger charge is 2.03. The number of ether oxygens (including phenoxy) is 1. The number of benzene rings is 2. The van der Waals surface area contributed by atoms with E-state index >= 15 is 0 Å². The van der Waals surface area contributed by atoms with Crippen LogP contribution in [0.25, 0.3) is 10.8 Å². The van der Waals surface area contributed by atoms with E-state index in [9.17, 15) is 4.79 Å². The Bertz CT molecular complexity index is 679. The van der Waals surface area contributed by atoms with Crippen LogP contribution in [-0.2, 0) is 4.79 Å². The number of allylic oxidation sites excluding steroid dienone is 1. The van der Waals surface area contributed by atoms with Crippen molar-refractivity contribution in [2.24, 2.45) is 0 Å². The summed E-state index contributed by atoms with van der Waals surface area (Å²) in [4.78, 5) is 11.6. The van der Waals surface area contributed by atoms with Gasteiger partial charge in [0.15, 0.2) is 6.61 Å². The van der Waals surface area contributed by atoms with Crippen LogP contribution in [0.3, 0.4) is 0 Å². The minimum Gasteiger partial charge on any atom is -0.484 e. The predicted octanol–water partition coefficient (Wildman–Crippen LogP) is 3.53. The number of nitrogens with one attached hydrogen (secondary N) is 2. The molecule has 5 heteroatoms. The summed E-state index contributed by atoms with van der Waals surface area (Å²) in [5.74, 6) is 0.436. The molecule has 2 rings (SSSR count). The SMILES string of the molecule is CC(C)=CNNC(=O)COc1ccc2cc(Br)ccc2c1. The predicted molar refractivity (Wildman–Crippen MR) is 87.9 cm³/mol. The van der Waals surface area contributed by atoms with Gasteiger partial charge in [0, 0.05) is 10.7 Å². The van der Waals surface area contributed by atoms with Crippen molar-refractivity contribution in [1.82, 2.24) is 10.9 Å². The Morgan fingerprint density at radius 2 is 1.90 bits per heavy atom. The number of hydrogen-bond acceptors (Lipinski definition) is 3. The van der Waals surface area contributed by atoms with Crippen LogP contribution in [0.4, 0.5) is 0 Å². The molecule has 0 atom stereocenters. The minimum atomic E-state index is -0.233. The van der Waals surface area contributed by atoms with Crippen molar-refractivity contribution in [2.75, 3.05) is 6.61 Å². The zero-order valence-corrected chi connectivity index (χ0v) is 13.5. The Hall–Kier alpha value is -2.01. The van der Waals surface area contributed by atoms with Gasteiger partial charge in [-0.15, -0.1) is 0 Å². The van der Waals surface area contributed by atoms with E-state index < -0.39 is 0 Å². The monoisotopic (exact) mass is 348 g/mol. The first-order valence-corrected chi connectivity index (χ1v) is 7.34. The number of amides is 1. The Morgan fingerprint density at radius 3 is 2.67 bits per heavy atom. The number of hydrogen-bond donors (Lipinski definition) is 2. The standard InChI is InChI=1S/C16H17BrN2O2/c1-11(2)9-18-19-16(20)10-21-15-6-4-12-7-14(17)5-3-13(12)8-15/h3-9,18H,10H2,1-2H3,(H,19,20). The van der Waals surface area contributed by atoms with Crippen LogP contribution in [0.5, 0.6) is 5.75 Å². The molecule has 1 amide bonds. The van der Waals surface area contributed by atoms with Gasteiger partial charge in [-0.2, -0.15) is 0 Å². The molecule has 0 saturated heterocycles. The second kappa shape index (κ2) is 7.13. The second-order valence-corrected chi connectivity index (χ2v) is 5.77. The fraction of sp³-hybridized carbons (Fsp3) is 0.188. The molecule has 21 heavy (non-hydrogen) atoms. The number of carbonyl (C=O) groups excluding carboxylic acids is 1. The van der Waals surface area contributed by atoms with Crippen molar-refractivity contribution in [3.05, 3.63) is 52.6 Å². The maximum atomic E-state index is 11.6. The van der Waals surface area contributed by atoms with Crippen molar-refractivity contribution in [3.63, 3.8) is 0 Å². The molecule has 2 aromatic carbocycles. The summed E-state index contributed by atoms with van der Waals surface area (Å²) in [7, 11) is 0. The molecule has 0 aliphatic heterocycles. The van der Waals surface area contributed by atoms with Crippen molar-refractivity contribution in [1.29, 1.82) is 0 Å². The molecule has 0 spiro atoms. The van der Waals surface area contributed by atoms with E-state index in [-0.39, 0.29) is 12.5 Å². The topological polar surface area (TPSA) is 50.4 Å². The lowest BCUT2D eigenvalue weighted by Crippen LogP contribution is -2.37. The number of carbonyl (C=O) groups is 1. The summed E-state index contributed by atoms with van der Waals surface area (Å²) in [5.41, 5.74) is 6.31. The van der Waals surface area contributed by atoms with Gasteiger partial charge in [-0.25, -0.2) is 0 Å². The Morgan fingerprint density at radius 1 is 1.19 bits per heavy atom. The molecule has 0 unspecified atom stereocenters. The van der Waals surface area contributed by atoms with Crippen molar-refractivity contribution < 1.29 is 9.53 Å². The Balaban J connectivity index is 1.93. The van der Waals surface area contributed by atoms with Gasteiger partial charge >= 0.3 is 0 Å². The van der Waals surface area contributed by atoms with E-state index in [1.54, 1.807) is 6.20 Å². The molecule has 0 radical (unpaired) electrons. The number of halogens is 1. The summed E-state index contributed by atoms with van der Waals surface area (Å²) in [6.45, 7) is 3.83. The van der Waals surface area contributed by atoms with Crippen LogP contribution < -0.4 is 15.6 Å². The lowest BCUT2D eigenvalue weighted by Gasteiger charge is -2.08. The summed E-state index contributed by atoms with van der Waals surface area (Å²) in [6, 6.07) is 11.7. The van der Waals surface area contributed by atoms with Crippen molar-refractivity contribution in [2.45, 2.75) is 13.8 Å². The molecule has 0 bridgehead atoms. The third-order valence-corrected chi connectivity index (χ3v) is 3.21. The summed E-state index contributed by atoms with van der Waals surface area (Å²) < 4.78 is 6.51. The van der Waals surface area contributed by atoms with Crippen LogP contribution >= 0.6 is 15.9 Å². The van der Waals surface area contributed by atoms with Crippen LogP contribution in [-0.4, -0.2) is 12.5 Å². The molecular weight excluding hydrogens is 332 g/mol. The Kier molecular flexibility index (Phi) is 5.22. The lowest BCUT2D eigenvalue weighted by molar-refractivity contribution is -0.123. The van der Waals surface area contributed by atoms with Gasteiger partial charge in [0.05, 0.1) is 0 Å². The molecule has 0 aromatic heterocycles. The van der Waals surface area contributed by atoms with E-state index in [0.29, 0.717) is 5.75 Å². The third kappa shape index (κ3) is 4.79. The van der Waals surface area contributed by atoms with Gasteiger partial charge in [0.1, 0.15) is 5.75 Å². The van der Waals surface area contributed by atoms with Crippen molar-refractivity contribution in [3.8, 4) is 5.75 Å². The van der Waals surface area contributed by atoms with E-state index in [1.807, 2.05) is 50.2 Å².